The number of primary amides is 1. The molecule has 0 saturated heterocycles. The molecule has 0 aromatic heterocycles. The number of nitrogens with zero attached hydrogens (tertiary/aromatic N) is 1. The van der Waals surface area contributed by atoms with Crippen molar-refractivity contribution in [1.29, 1.82) is 0 Å². The van der Waals surface area contributed by atoms with Crippen LogP contribution < -0.4 is 5.73 Å². The van der Waals surface area contributed by atoms with Crippen molar-refractivity contribution in [3.8, 4) is 11.8 Å². The summed E-state index contributed by atoms with van der Waals surface area (Å²) >= 11 is 0. The second-order valence-corrected chi connectivity index (χ2v) is 4.90. The average molecular weight is 308 g/mol. The predicted molar refractivity (Wildman–Crippen MR) is 85.9 cm³/mol. The van der Waals surface area contributed by atoms with Crippen molar-refractivity contribution in [3.63, 3.8) is 0 Å². The van der Waals surface area contributed by atoms with E-state index in [9.17, 15) is 14.8 Å². The molecule has 5 heteroatoms. The van der Waals surface area contributed by atoms with Gasteiger partial charge in [0.1, 0.15) is 6.04 Å². The zero-order valence-electron chi connectivity index (χ0n) is 12.6. The Balaban J connectivity index is 2.21. The van der Waals surface area contributed by atoms with Gasteiger partial charge in [-0.1, -0.05) is 54.3 Å². The van der Waals surface area contributed by atoms with Gasteiger partial charge in [0, 0.05) is 16.7 Å². The van der Waals surface area contributed by atoms with Crippen LogP contribution >= 0.6 is 0 Å². The molecule has 116 valence electrons. The van der Waals surface area contributed by atoms with Crippen molar-refractivity contribution in [2.45, 2.75) is 13.0 Å². The Kier molecular flexibility index (Phi) is 5.13. The molecule has 2 amide bonds. The number of ketones is 1. The Morgan fingerprint density at radius 2 is 1.74 bits per heavy atom. The molecule has 0 radical (unpaired) electrons. The van der Waals surface area contributed by atoms with Crippen molar-refractivity contribution in [3.05, 3.63) is 71.3 Å². The first-order valence-electron chi connectivity index (χ1n) is 6.98. The fourth-order valence-electron chi connectivity index (χ4n) is 1.93. The van der Waals surface area contributed by atoms with Crippen LogP contribution in [0.15, 0.2) is 54.6 Å². The number of carbonyl (C=O) groups is 2. The van der Waals surface area contributed by atoms with Gasteiger partial charge in [-0.3, -0.25) is 10.0 Å². The van der Waals surface area contributed by atoms with E-state index in [-0.39, 0.29) is 5.78 Å². The summed E-state index contributed by atoms with van der Waals surface area (Å²) in [5, 5.41) is 9.72. The fourth-order valence-corrected chi connectivity index (χ4v) is 1.93. The molecule has 0 aliphatic heterocycles. The third-order valence-corrected chi connectivity index (χ3v) is 3.18. The van der Waals surface area contributed by atoms with Crippen LogP contribution in [0.4, 0.5) is 4.79 Å². The number of hydrogen-bond acceptors (Lipinski definition) is 3. The molecule has 0 bridgehead atoms. The highest BCUT2D eigenvalue weighted by atomic mass is 16.5. The molecule has 0 aliphatic carbocycles. The zero-order chi connectivity index (χ0) is 16.8. The Morgan fingerprint density at radius 1 is 1.09 bits per heavy atom. The van der Waals surface area contributed by atoms with E-state index in [1.54, 1.807) is 48.5 Å². The topological polar surface area (TPSA) is 83.6 Å². The average Bonchev–Trinajstić information content (AvgIpc) is 2.59. The lowest BCUT2D eigenvalue weighted by Gasteiger charge is -2.14. The van der Waals surface area contributed by atoms with Crippen LogP contribution in [0.5, 0.6) is 0 Å². The Labute approximate surface area is 134 Å². The molecule has 2 aromatic rings. The Hall–Kier alpha value is -3.10. The molecule has 2 aromatic carbocycles. The minimum atomic E-state index is -0.972. The van der Waals surface area contributed by atoms with E-state index in [4.69, 9.17) is 5.73 Å². The maximum Gasteiger partial charge on any atom is 0.339 e. The number of rotatable bonds is 3. The molecule has 0 saturated carbocycles. The molecular formula is C18H16N2O3. The number of urea groups is 1. The molecule has 1 unspecified atom stereocenters. The molecule has 5 nitrogen and oxygen atoms in total. The second-order valence-electron chi connectivity index (χ2n) is 4.90. The standard InChI is InChI=1S/C18H16N2O3/c1-13(20(23)18(19)22)10-11-14-6-5-9-16(12-14)17(21)15-7-3-2-4-8-15/h2-9,12-13,23H,1H3,(H2,19,22). The highest BCUT2D eigenvalue weighted by Crippen LogP contribution is 2.11. The van der Waals surface area contributed by atoms with E-state index >= 15 is 0 Å². The van der Waals surface area contributed by atoms with E-state index in [0.29, 0.717) is 21.8 Å². The van der Waals surface area contributed by atoms with Crippen LogP contribution in [-0.2, 0) is 0 Å². The normalized spacial score (nSPS) is 11.0. The van der Waals surface area contributed by atoms with Gasteiger partial charge in [-0.05, 0) is 19.1 Å². The quantitative estimate of drug-likeness (QED) is 0.395. The van der Waals surface area contributed by atoms with Gasteiger partial charge in [0.15, 0.2) is 5.78 Å². The van der Waals surface area contributed by atoms with Crippen LogP contribution in [0.2, 0.25) is 0 Å². The molecular weight excluding hydrogens is 292 g/mol. The van der Waals surface area contributed by atoms with Crippen LogP contribution in [0, 0.1) is 11.8 Å². The summed E-state index contributed by atoms with van der Waals surface area (Å²) in [6.07, 6.45) is 0. The summed E-state index contributed by atoms with van der Waals surface area (Å²) in [6, 6.07) is 14.1. The maximum absolute atomic E-state index is 12.4. The first-order chi connectivity index (χ1) is 11.0. The molecule has 23 heavy (non-hydrogen) atoms. The van der Waals surface area contributed by atoms with E-state index in [2.05, 4.69) is 11.8 Å². The fraction of sp³-hybridized carbons (Fsp3) is 0.111. The van der Waals surface area contributed by atoms with Gasteiger partial charge in [-0.2, -0.15) is 5.06 Å². The molecule has 2 rings (SSSR count). The lowest BCUT2D eigenvalue weighted by molar-refractivity contribution is -0.0536. The molecule has 0 fully saturated rings. The van der Waals surface area contributed by atoms with Gasteiger partial charge < -0.3 is 5.73 Å². The van der Waals surface area contributed by atoms with E-state index in [1.807, 2.05) is 6.07 Å². The predicted octanol–water partition coefficient (Wildman–Crippen LogP) is 2.43. The number of hydrogen-bond donors (Lipinski definition) is 2. The van der Waals surface area contributed by atoms with Gasteiger partial charge in [-0.15, -0.1) is 0 Å². The Bertz CT molecular complexity index is 776. The first-order valence-corrected chi connectivity index (χ1v) is 6.98. The van der Waals surface area contributed by atoms with Crippen molar-refractivity contribution < 1.29 is 14.8 Å². The monoisotopic (exact) mass is 308 g/mol. The third-order valence-electron chi connectivity index (χ3n) is 3.18. The lowest BCUT2D eigenvalue weighted by Crippen LogP contribution is -2.38. The molecule has 3 N–H and O–H groups in total. The minimum Gasteiger partial charge on any atom is -0.350 e. The zero-order valence-corrected chi connectivity index (χ0v) is 12.6. The van der Waals surface area contributed by atoms with Crippen LogP contribution in [-0.4, -0.2) is 28.1 Å². The van der Waals surface area contributed by atoms with Gasteiger partial charge in [0.25, 0.3) is 0 Å². The summed E-state index contributed by atoms with van der Waals surface area (Å²) in [5.41, 5.74) is 6.68. The van der Waals surface area contributed by atoms with E-state index in [1.165, 1.54) is 6.92 Å². The number of benzene rings is 2. The molecule has 0 heterocycles. The number of amides is 2. The van der Waals surface area contributed by atoms with Crippen molar-refractivity contribution in [1.82, 2.24) is 5.06 Å². The summed E-state index contributed by atoms with van der Waals surface area (Å²) < 4.78 is 0. The lowest BCUT2D eigenvalue weighted by atomic mass is 10.0. The van der Waals surface area contributed by atoms with E-state index in [0.717, 1.165) is 0 Å². The summed E-state index contributed by atoms with van der Waals surface area (Å²) in [7, 11) is 0. The number of nitrogens with two attached hydrogens (primary N) is 1. The second kappa shape index (κ2) is 7.25. The molecule has 0 spiro atoms. The number of hydroxylamine groups is 2. The third kappa shape index (κ3) is 4.19. The van der Waals surface area contributed by atoms with Crippen LogP contribution in [0.25, 0.3) is 0 Å². The van der Waals surface area contributed by atoms with Gasteiger partial charge in [0.2, 0.25) is 0 Å². The largest absolute Gasteiger partial charge is 0.350 e. The Morgan fingerprint density at radius 3 is 2.39 bits per heavy atom. The van der Waals surface area contributed by atoms with Crippen LogP contribution in [0.3, 0.4) is 0 Å². The highest BCUT2D eigenvalue weighted by molar-refractivity contribution is 6.09. The van der Waals surface area contributed by atoms with E-state index < -0.39 is 12.1 Å². The maximum atomic E-state index is 12.4. The van der Waals surface area contributed by atoms with Gasteiger partial charge >= 0.3 is 6.03 Å². The van der Waals surface area contributed by atoms with Gasteiger partial charge in [0.05, 0.1) is 0 Å². The summed E-state index contributed by atoms with van der Waals surface area (Å²) in [5.74, 6) is 5.42. The smallest absolute Gasteiger partial charge is 0.339 e. The first kappa shape index (κ1) is 16.3. The molecule has 0 aliphatic rings. The summed E-state index contributed by atoms with van der Waals surface area (Å²) in [6.45, 7) is 1.54. The highest BCUT2D eigenvalue weighted by Gasteiger charge is 2.12. The molecule has 1 atom stereocenters. The van der Waals surface area contributed by atoms with Crippen molar-refractivity contribution >= 4 is 11.8 Å². The number of carbonyl (C=O) groups excluding carboxylic acids is 2. The van der Waals surface area contributed by atoms with Crippen LogP contribution in [0.1, 0.15) is 28.4 Å². The van der Waals surface area contributed by atoms with Crippen molar-refractivity contribution in [2.24, 2.45) is 5.73 Å². The summed E-state index contributed by atoms with van der Waals surface area (Å²) in [4.78, 5) is 23.2. The SMILES string of the molecule is CC(C#Cc1cccc(C(=O)c2ccccc2)c1)N(O)C(N)=O. The minimum absolute atomic E-state index is 0.0942. The van der Waals surface area contributed by atoms with Gasteiger partial charge in [-0.25, -0.2) is 4.79 Å². The van der Waals surface area contributed by atoms with Crippen molar-refractivity contribution in [2.75, 3.05) is 0 Å².